The lowest BCUT2D eigenvalue weighted by atomic mass is 9.95. The smallest absolute Gasteiger partial charge is 0.334 e. The van der Waals surface area contributed by atoms with Gasteiger partial charge in [0.15, 0.2) is 0 Å². The van der Waals surface area contributed by atoms with Gasteiger partial charge in [0.05, 0.1) is 13.2 Å². The minimum absolute atomic E-state index is 0.265. The van der Waals surface area contributed by atoms with Crippen molar-refractivity contribution in [2.45, 2.75) is 67.7 Å². The summed E-state index contributed by atoms with van der Waals surface area (Å²) < 4.78 is 10.7. The van der Waals surface area contributed by atoms with Crippen LogP contribution < -0.4 is 0 Å². The molecule has 0 unspecified atom stereocenters. The number of carbonyl (C=O) groups is 2. The molecule has 0 aliphatic heterocycles. The van der Waals surface area contributed by atoms with Crippen molar-refractivity contribution in [2.24, 2.45) is 17.8 Å². The van der Waals surface area contributed by atoms with Gasteiger partial charge >= 0.3 is 11.9 Å². The van der Waals surface area contributed by atoms with E-state index in [0.717, 1.165) is 6.42 Å². The van der Waals surface area contributed by atoms with Crippen LogP contribution in [-0.4, -0.2) is 25.2 Å². The Balaban J connectivity index is 5.41. The van der Waals surface area contributed by atoms with Crippen molar-refractivity contribution in [1.82, 2.24) is 0 Å². The Morgan fingerprint density at radius 2 is 1.17 bits per heavy atom. The third-order valence-electron chi connectivity index (χ3n) is 3.06. The molecule has 0 aromatic heterocycles. The zero-order chi connectivity index (χ0) is 18.0. The molecule has 0 rings (SSSR count). The second-order valence-corrected chi connectivity index (χ2v) is 7.29. The van der Waals surface area contributed by atoms with Gasteiger partial charge in [-0.25, -0.2) is 9.59 Å². The molecule has 0 radical (unpaired) electrons. The molecule has 0 atom stereocenters. The predicted molar refractivity (Wildman–Crippen MR) is 93.0 cm³/mol. The highest BCUT2D eigenvalue weighted by atomic mass is 16.5. The molecule has 0 heterocycles. The molecule has 0 N–H and O–H groups in total. The summed E-state index contributed by atoms with van der Waals surface area (Å²) in [5.74, 6) is 0.0430. The standard InChI is InChI=1S/C19H34O4/c1-8-9-16(18(20)22-11-14(4)5)17(10-13(2)3)19(21)23-12-15(6)7/h13-15H,8-12H2,1-7H3. The topological polar surface area (TPSA) is 52.6 Å². The van der Waals surface area contributed by atoms with Gasteiger partial charge in [-0.2, -0.15) is 0 Å². The Morgan fingerprint density at radius 1 is 0.739 bits per heavy atom. The predicted octanol–water partition coefficient (Wildman–Crippen LogP) is 4.53. The minimum Gasteiger partial charge on any atom is -0.462 e. The molecule has 0 fully saturated rings. The molecule has 0 bridgehead atoms. The number of ether oxygens (including phenoxy) is 2. The van der Waals surface area contributed by atoms with Gasteiger partial charge < -0.3 is 9.47 Å². The normalized spacial score (nSPS) is 12.6. The van der Waals surface area contributed by atoms with Crippen LogP contribution in [0.1, 0.15) is 67.7 Å². The third-order valence-corrected chi connectivity index (χ3v) is 3.06. The third kappa shape index (κ3) is 9.42. The van der Waals surface area contributed by atoms with E-state index < -0.39 is 0 Å². The molecule has 0 saturated carbocycles. The minimum atomic E-state index is -0.377. The van der Waals surface area contributed by atoms with E-state index in [9.17, 15) is 9.59 Å². The van der Waals surface area contributed by atoms with Crippen LogP contribution in [0, 0.1) is 17.8 Å². The monoisotopic (exact) mass is 326 g/mol. The van der Waals surface area contributed by atoms with Crippen LogP contribution in [0.4, 0.5) is 0 Å². The maximum atomic E-state index is 12.5. The molecular weight excluding hydrogens is 292 g/mol. The van der Waals surface area contributed by atoms with Crippen LogP contribution >= 0.6 is 0 Å². The van der Waals surface area contributed by atoms with E-state index in [-0.39, 0.29) is 29.7 Å². The lowest BCUT2D eigenvalue weighted by Gasteiger charge is -2.17. The largest absolute Gasteiger partial charge is 0.462 e. The van der Waals surface area contributed by atoms with E-state index in [1.807, 2.05) is 48.5 Å². The Bertz CT molecular complexity index is 406. The van der Waals surface area contributed by atoms with Crippen LogP contribution in [0.2, 0.25) is 0 Å². The number of carbonyl (C=O) groups excluding carboxylic acids is 2. The van der Waals surface area contributed by atoms with Gasteiger partial charge in [-0.15, -0.1) is 0 Å². The molecule has 134 valence electrons. The van der Waals surface area contributed by atoms with Crippen molar-refractivity contribution in [1.29, 1.82) is 0 Å². The lowest BCUT2D eigenvalue weighted by molar-refractivity contribution is -0.143. The summed E-state index contributed by atoms with van der Waals surface area (Å²) in [4.78, 5) is 24.9. The van der Waals surface area contributed by atoms with Crippen LogP contribution in [0.15, 0.2) is 11.1 Å². The summed E-state index contributed by atoms with van der Waals surface area (Å²) in [5, 5.41) is 0. The molecule has 0 aliphatic carbocycles. The van der Waals surface area contributed by atoms with Gasteiger partial charge in [0.1, 0.15) is 0 Å². The van der Waals surface area contributed by atoms with Crippen molar-refractivity contribution >= 4 is 11.9 Å². The van der Waals surface area contributed by atoms with Gasteiger partial charge in [-0.1, -0.05) is 54.9 Å². The van der Waals surface area contributed by atoms with Gasteiger partial charge in [0.25, 0.3) is 0 Å². The quantitative estimate of drug-likeness (QED) is 0.437. The lowest BCUT2D eigenvalue weighted by Crippen LogP contribution is -2.20. The Kier molecular flexibility index (Phi) is 10.6. The summed E-state index contributed by atoms with van der Waals surface area (Å²) in [6, 6.07) is 0. The molecule has 23 heavy (non-hydrogen) atoms. The van der Waals surface area contributed by atoms with Crippen LogP contribution in [0.5, 0.6) is 0 Å². The summed E-state index contributed by atoms with van der Waals surface area (Å²) in [6.45, 7) is 14.7. The molecule has 0 aromatic carbocycles. The summed E-state index contributed by atoms with van der Waals surface area (Å²) in [6.07, 6.45) is 1.85. The first kappa shape index (κ1) is 21.7. The highest BCUT2D eigenvalue weighted by Gasteiger charge is 2.24. The zero-order valence-corrected chi connectivity index (χ0v) is 15.9. The van der Waals surface area contributed by atoms with Crippen molar-refractivity contribution in [3.05, 3.63) is 11.1 Å². The Morgan fingerprint density at radius 3 is 1.52 bits per heavy atom. The average molecular weight is 326 g/mol. The van der Waals surface area contributed by atoms with Gasteiger partial charge in [-0.3, -0.25) is 0 Å². The highest BCUT2D eigenvalue weighted by Crippen LogP contribution is 2.22. The molecule has 4 heteroatoms. The van der Waals surface area contributed by atoms with E-state index in [4.69, 9.17) is 9.47 Å². The fourth-order valence-corrected chi connectivity index (χ4v) is 2.02. The maximum absolute atomic E-state index is 12.5. The number of hydrogen-bond donors (Lipinski definition) is 0. The molecular formula is C19H34O4. The second kappa shape index (κ2) is 11.3. The highest BCUT2D eigenvalue weighted by molar-refractivity contribution is 6.00. The van der Waals surface area contributed by atoms with Crippen LogP contribution in [0.25, 0.3) is 0 Å². The maximum Gasteiger partial charge on any atom is 0.334 e. The molecule has 0 aromatic rings. The summed E-state index contributed by atoms with van der Waals surface area (Å²) in [7, 11) is 0. The molecule has 0 saturated heterocycles. The molecule has 0 aliphatic rings. The first-order valence-corrected chi connectivity index (χ1v) is 8.75. The number of rotatable bonds is 10. The Hall–Kier alpha value is -1.32. The van der Waals surface area contributed by atoms with E-state index >= 15 is 0 Å². The van der Waals surface area contributed by atoms with Crippen molar-refractivity contribution in [3.63, 3.8) is 0 Å². The summed E-state index contributed by atoms with van der Waals surface area (Å²) in [5.41, 5.74) is 0.965. The fourth-order valence-electron chi connectivity index (χ4n) is 2.02. The van der Waals surface area contributed by atoms with E-state index in [1.165, 1.54) is 0 Å². The van der Waals surface area contributed by atoms with E-state index in [1.54, 1.807) is 0 Å². The zero-order valence-electron chi connectivity index (χ0n) is 15.9. The fraction of sp³-hybridized carbons (Fsp3) is 0.789. The van der Waals surface area contributed by atoms with E-state index in [2.05, 4.69) is 0 Å². The first-order chi connectivity index (χ1) is 10.7. The Labute approximate surface area is 141 Å². The first-order valence-electron chi connectivity index (χ1n) is 8.75. The molecule has 0 spiro atoms. The van der Waals surface area contributed by atoms with Crippen LogP contribution in [0.3, 0.4) is 0 Å². The molecule has 4 nitrogen and oxygen atoms in total. The number of hydrogen-bond acceptors (Lipinski definition) is 4. The van der Waals surface area contributed by atoms with Crippen molar-refractivity contribution in [2.75, 3.05) is 13.2 Å². The second-order valence-electron chi connectivity index (χ2n) is 7.29. The van der Waals surface area contributed by atoms with Gasteiger partial charge in [0, 0.05) is 11.1 Å². The van der Waals surface area contributed by atoms with E-state index in [0.29, 0.717) is 37.2 Å². The van der Waals surface area contributed by atoms with Crippen molar-refractivity contribution < 1.29 is 19.1 Å². The van der Waals surface area contributed by atoms with Gasteiger partial charge in [0.2, 0.25) is 0 Å². The SMILES string of the molecule is CCCC(C(=O)OCC(C)C)=C(CC(C)C)C(=O)OCC(C)C. The molecule has 0 amide bonds. The van der Waals surface area contributed by atoms with Crippen LogP contribution in [-0.2, 0) is 19.1 Å². The van der Waals surface area contributed by atoms with Crippen molar-refractivity contribution in [3.8, 4) is 0 Å². The number of esters is 2. The summed E-state index contributed by atoms with van der Waals surface area (Å²) >= 11 is 0. The average Bonchev–Trinajstić information content (AvgIpc) is 2.45. The van der Waals surface area contributed by atoms with Gasteiger partial charge in [-0.05, 0) is 30.6 Å².